The molecule has 116 valence electrons. The zero-order valence-corrected chi connectivity index (χ0v) is 13.2. The fourth-order valence-electron chi connectivity index (χ4n) is 2.05. The minimum absolute atomic E-state index is 0.0894. The molecule has 0 aliphatic rings. The first-order valence-electron chi connectivity index (χ1n) is 7.03. The van der Waals surface area contributed by atoms with Crippen LogP contribution in [0.1, 0.15) is 15.9 Å². The van der Waals surface area contributed by atoms with Crippen LogP contribution in [0, 0.1) is 12.7 Å². The molecule has 1 aromatic heterocycles. The van der Waals surface area contributed by atoms with E-state index in [2.05, 4.69) is 15.2 Å². The van der Waals surface area contributed by atoms with Crippen LogP contribution < -0.4 is 0 Å². The Bertz CT molecular complexity index is 830. The van der Waals surface area contributed by atoms with Gasteiger partial charge in [-0.25, -0.2) is 9.37 Å². The zero-order chi connectivity index (χ0) is 16.2. The summed E-state index contributed by atoms with van der Waals surface area (Å²) in [6.45, 7) is 2.01. The van der Waals surface area contributed by atoms with Gasteiger partial charge in [-0.15, -0.1) is 5.10 Å². The average molecular weight is 327 g/mol. The number of ketones is 1. The van der Waals surface area contributed by atoms with Gasteiger partial charge in [0.05, 0.1) is 11.3 Å². The number of hydrogen-bond donors (Lipinski definition) is 1. The van der Waals surface area contributed by atoms with E-state index >= 15 is 0 Å². The number of hydrogen-bond acceptors (Lipinski definition) is 4. The molecule has 1 heterocycles. The highest BCUT2D eigenvalue weighted by Gasteiger charge is 2.13. The first-order chi connectivity index (χ1) is 11.1. The van der Waals surface area contributed by atoms with Crippen LogP contribution in [0.5, 0.6) is 0 Å². The van der Waals surface area contributed by atoms with Crippen LogP contribution in [-0.4, -0.2) is 26.7 Å². The minimum atomic E-state index is -0.506. The lowest BCUT2D eigenvalue weighted by Crippen LogP contribution is -2.05. The van der Waals surface area contributed by atoms with Gasteiger partial charge >= 0.3 is 0 Å². The van der Waals surface area contributed by atoms with Gasteiger partial charge < -0.3 is 0 Å². The molecule has 0 spiro atoms. The number of aromatic nitrogens is 3. The van der Waals surface area contributed by atoms with E-state index in [1.807, 2.05) is 31.2 Å². The number of carbonyl (C=O) groups is 1. The second-order valence-corrected chi connectivity index (χ2v) is 5.97. The molecule has 0 radical (unpaired) electrons. The molecule has 0 saturated heterocycles. The van der Waals surface area contributed by atoms with Crippen LogP contribution in [0.15, 0.2) is 53.7 Å². The van der Waals surface area contributed by atoms with Crippen LogP contribution >= 0.6 is 11.8 Å². The maximum atomic E-state index is 13.6. The van der Waals surface area contributed by atoms with Crippen molar-refractivity contribution in [1.29, 1.82) is 0 Å². The van der Waals surface area contributed by atoms with Gasteiger partial charge in [-0.05, 0) is 19.1 Å². The number of carbonyl (C=O) groups excluding carboxylic acids is 1. The number of halogens is 1. The van der Waals surface area contributed by atoms with Crippen LogP contribution in [0.3, 0.4) is 0 Å². The lowest BCUT2D eigenvalue weighted by molar-refractivity contribution is 0.101. The molecule has 3 aromatic rings. The van der Waals surface area contributed by atoms with Crippen molar-refractivity contribution >= 4 is 17.5 Å². The summed E-state index contributed by atoms with van der Waals surface area (Å²) in [6.07, 6.45) is 0. The fourth-order valence-corrected chi connectivity index (χ4v) is 2.73. The molecule has 0 bridgehead atoms. The van der Waals surface area contributed by atoms with Crippen molar-refractivity contribution in [2.75, 3.05) is 5.75 Å². The molecule has 1 N–H and O–H groups in total. The number of thioether (sulfide) groups is 1. The van der Waals surface area contributed by atoms with E-state index in [9.17, 15) is 9.18 Å². The van der Waals surface area contributed by atoms with Crippen molar-refractivity contribution in [2.24, 2.45) is 0 Å². The molecule has 6 heteroatoms. The summed E-state index contributed by atoms with van der Waals surface area (Å²) in [4.78, 5) is 16.4. The van der Waals surface area contributed by atoms with E-state index in [1.165, 1.54) is 29.5 Å². The van der Waals surface area contributed by atoms with Crippen LogP contribution in [0.25, 0.3) is 11.4 Å². The summed E-state index contributed by atoms with van der Waals surface area (Å²) < 4.78 is 13.6. The number of rotatable bonds is 5. The van der Waals surface area contributed by atoms with Gasteiger partial charge in [0, 0.05) is 5.56 Å². The molecule has 0 amide bonds. The standard InChI is InChI=1S/C17H14FN3OS/c1-11-6-8-12(9-7-11)16-19-17(21-20-16)23-10-15(22)13-4-2-3-5-14(13)18/h2-9H,10H2,1H3,(H,19,20,21). The lowest BCUT2D eigenvalue weighted by Gasteiger charge is -2.00. The van der Waals surface area contributed by atoms with Crippen molar-refractivity contribution in [1.82, 2.24) is 15.2 Å². The average Bonchev–Trinajstić information content (AvgIpc) is 3.03. The number of aryl methyl sites for hydroxylation is 1. The first kappa shape index (κ1) is 15.4. The van der Waals surface area contributed by atoms with Gasteiger partial charge in [0.15, 0.2) is 11.6 Å². The molecule has 0 unspecified atom stereocenters. The Balaban J connectivity index is 1.67. The third-order valence-electron chi connectivity index (χ3n) is 3.30. The highest BCUT2D eigenvalue weighted by molar-refractivity contribution is 7.99. The second-order valence-electron chi connectivity index (χ2n) is 5.02. The predicted molar refractivity (Wildman–Crippen MR) is 88.0 cm³/mol. The van der Waals surface area contributed by atoms with Crippen LogP contribution in [-0.2, 0) is 0 Å². The number of Topliss-reactive ketones (excluding diaryl/α,β-unsaturated/α-hetero) is 1. The third-order valence-corrected chi connectivity index (χ3v) is 4.14. The molecule has 0 fully saturated rings. The Labute approximate surface area is 137 Å². The number of nitrogens with zero attached hydrogens (tertiary/aromatic N) is 2. The van der Waals surface area contributed by atoms with Crippen molar-refractivity contribution < 1.29 is 9.18 Å². The number of nitrogens with one attached hydrogen (secondary N) is 1. The maximum Gasteiger partial charge on any atom is 0.209 e. The van der Waals surface area contributed by atoms with Crippen LogP contribution in [0.2, 0.25) is 0 Å². The molecular formula is C17H14FN3OS. The van der Waals surface area contributed by atoms with E-state index in [0.717, 1.165) is 5.56 Å². The molecule has 2 aromatic carbocycles. The zero-order valence-electron chi connectivity index (χ0n) is 12.4. The summed E-state index contributed by atoms with van der Waals surface area (Å²) in [6, 6.07) is 13.8. The molecule has 0 saturated carbocycles. The quantitative estimate of drug-likeness (QED) is 0.570. The highest BCUT2D eigenvalue weighted by atomic mass is 32.2. The van der Waals surface area contributed by atoms with E-state index in [-0.39, 0.29) is 17.1 Å². The molecule has 0 aliphatic heterocycles. The molecular weight excluding hydrogens is 313 g/mol. The monoisotopic (exact) mass is 327 g/mol. The normalized spacial score (nSPS) is 10.7. The van der Waals surface area contributed by atoms with Gasteiger partial charge in [0.25, 0.3) is 0 Å². The van der Waals surface area contributed by atoms with Crippen molar-refractivity contribution in [2.45, 2.75) is 12.1 Å². The van der Waals surface area contributed by atoms with Crippen LogP contribution in [0.4, 0.5) is 4.39 Å². The molecule has 23 heavy (non-hydrogen) atoms. The number of aromatic amines is 1. The Morgan fingerprint density at radius 3 is 2.65 bits per heavy atom. The number of benzene rings is 2. The van der Waals surface area contributed by atoms with Gasteiger partial charge in [-0.3, -0.25) is 9.89 Å². The summed E-state index contributed by atoms with van der Waals surface area (Å²) in [7, 11) is 0. The SMILES string of the molecule is Cc1ccc(-c2nc(SCC(=O)c3ccccc3F)n[nH]2)cc1. The summed E-state index contributed by atoms with van der Waals surface area (Å²) in [5.74, 6) is -0.0550. The van der Waals surface area contributed by atoms with Gasteiger partial charge in [-0.2, -0.15) is 0 Å². The molecule has 0 aliphatic carbocycles. The third kappa shape index (κ3) is 3.65. The van der Waals surface area contributed by atoms with Gasteiger partial charge in [0.1, 0.15) is 5.82 Å². The van der Waals surface area contributed by atoms with Crippen molar-refractivity contribution in [3.63, 3.8) is 0 Å². The van der Waals surface area contributed by atoms with Gasteiger partial charge in [0.2, 0.25) is 5.16 Å². The van der Waals surface area contributed by atoms with Crippen molar-refractivity contribution in [3.05, 3.63) is 65.5 Å². The van der Waals surface area contributed by atoms with Crippen molar-refractivity contribution in [3.8, 4) is 11.4 Å². The summed E-state index contributed by atoms with van der Waals surface area (Å²) in [5, 5.41) is 7.40. The van der Waals surface area contributed by atoms with E-state index in [1.54, 1.807) is 12.1 Å². The maximum absolute atomic E-state index is 13.6. The van der Waals surface area contributed by atoms with E-state index < -0.39 is 5.82 Å². The largest absolute Gasteiger partial charge is 0.293 e. The summed E-state index contributed by atoms with van der Waals surface area (Å²) >= 11 is 1.18. The second kappa shape index (κ2) is 6.75. The topological polar surface area (TPSA) is 58.6 Å². The molecule has 4 nitrogen and oxygen atoms in total. The predicted octanol–water partition coefficient (Wildman–Crippen LogP) is 3.89. The summed E-state index contributed by atoms with van der Waals surface area (Å²) in [5.41, 5.74) is 2.18. The fraction of sp³-hybridized carbons (Fsp3) is 0.118. The minimum Gasteiger partial charge on any atom is -0.293 e. The first-order valence-corrected chi connectivity index (χ1v) is 8.02. The Kier molecular flexibility index (Phi) is 4.52. The molecule has 3 rings (SSSR count). The Hall–Kier alpha value is -2.47. The van der Waals surface area contributed by atoms with Gasteiger partial charge in [-0.1, -0.05) is 53.7 Å². The smallest absolute Gasteiger partial charge is 0.209 e. The number of H-pyrrole nitrogens is 1. The van der Waals surface area contributed by atoms with E-state index in [4.69, 9.17) is 0 Å². The molecule has 0 atom stereocenters. The lowest BCUT2D eigenvalue weighted by atomic mass is 10.1. The Morgan fingerprint density at radius 2 is 1.91 bits per heavy atom. The highest BCUT2D eigenvalue weighted by Crippen LogP contribution is 2.20. The van der Waals surface area contributed by atoms with E-state index in [0.29, 0.717) is 11.0 Å². The Morgan fingerprint density at radius 1 is 1.17 bits per heavy atom.